The summed E-state index contributed by atoms with van der Waals surface area (Å²) in [6, 6.07) is 0.811. The second-order valence-electron chi connectivity index (χ2n) is 4.58. The molecule has 2 aliphatic rings. The summed E-state index contributed by atoms with van der Waals surface area (Å²) in [5.74, 6) is 1.03. The van der Waals surface area contributed by atoms with Gasteiger partial charge in [0.05, 0.1) is 6.61 Å². The van der Waals surface area contributed by atoms with Crippen molar-refractivity contribution >= 4 is 0 Å². The van der Waals surface area contributed by atoms with Gasteiger partial charge in [0.25, 0.3) is 0 Å². The third-order valence-corrected chi connectivity index (χ3v) is 3.50. The molecule has 76 valence electrons. The molecule has 2 saturated carbocycles. The second kappa shape index (κ2) is 4.43. The van der Waals surface area contributed by atoms with Crippen molar-refractivity contribution in [3.63, 3.8) is 0 Å². The number of nitrogens with zero attached hydrogens (tertiary/aromatic N) is 1. The molecule has 0 aromatic heterocycles. The van der Waals surface area contributed by atoms with Crippen molar-refractivity contribution in [2.24, 2.45) is 5.92 Å². The Morgan fingerprint density at radius 2 is 1.85 bits per heavy atom. The van der Waals surface area contributed by atoms with Gasteiger partial charge in [0, 0.05) is 12.6 Å². The Balaban J connectivity index is 1.67. The van der Waals surface area contributed by atoms with Crippen LogP contribution < -0.4 is 0 Å². The fourth-order valence-electron chi connectivity index (χ4n) is 2.11. The van der Waals surface area contributed by atoms with Crippen LogP contribution in [0, 0.1) is 5.92 Å². The second-order valence-corrected chi connectivity index (χ2v) is 4.58. The maximum atomic E-state index is 8.94. The molecular weight excluding hydrogens is 162 g/mol. The molecule has 0 heterocycles. The summed E-state index contributed by atoms with van der Waals surface area (Å²) < 4.78 is 0. The molecule has 1 N–H and O–H groups in total. The van der Waals surface area contributed by atoms with E-state index >= 15 is 0 Å². The summed E-state index contributed by atoms with van der Waals surface area (Å²) >= 11 is 0. The highest BCUT2D eigenvalue weighted by Crippen LogP contribution is 2.33. The minimum absolute atomic E-state index is 0.334. The van der Waals surface area contributed by atoms with E-state index in [0.717, 1.165) is 18.5 Å². The van der Waals surface area contributed by atoms with E-state index in [2.05, 4.69) is 4.90 Å². The van der Waals surface area contributed by atoms with Crippen molar-refractivity contribution in [3.8, 4) is 0 Å². The molecule has 2 aliphatic carbocycles. The lowest BCUT2D eigenvalue weighted by Crippen LogP contribution is -2.42. The highest BCUT2D eigenvalue weighted by Gasteiger charge is 2.27. The first-order valence-electron chi connectivity index (χ1n) is 5.75. The van der Waals surface area contributed by atoms with Gasteiger partial charge in [-0.1, -0.05) is 19.3 Å². The van der Waals surface area contributed by atoms with Crippen LogP contribution in [0.25, 0.3) is 0 Å². The average Bonchev–Trinajstić information content (AvgIpc) is 2.80. The molecule has 0 spiro atoms. The van der Waals surface area contributed by atoms with Crippen LogP contribution in [-0.2, 0) is 0 Å². The number of aliphatic hydroxyl groups excluding tert-OH is 1. The molecule has 0 unspecified atom stereocenters. The fraction of sp³-hybridized carbons (Fsp3) is 1.00. The summed E-state index contributed by atoms with van der Waals surface area (Å²) in [6.45, 7) is 2.47. The molecule has 0 atom stereocenters. The van der Waals surface area contributed by atoms with E-state index in [0.29, 0.717) is 6.61 Å². The quantitative estimate of drug-likeness (QED) is 0.676. The standard InChI is InChI=1S/C11H21NO/c13-9-8-12(11-2-1-3-11)7-6-10-4-5-10/h10-11,13H,1-9H2. The summed E-state index contributed by atoms with van der Waals surface area (Å²) in [4.78, 5) is 2.50. The van der Waals surface area contributed by atoms with Gasteiger partial charge < -0.3 is 5.11 Å². The van der Waals surface area contributed by atoms with E-state index in [1.54, 1.807) is 0 Å². The van der Waals surface area contributed by atoms with Crippen LogP contribution in [0.15, 0.2) is 0 Å². The molecular formula is C11H21NO. The Kier molecular flexibility index (Phi) is 3.23. The van der Waals surface area contributed by atoms with Crippen LogP contribution in [0.1, 0.15) is 38.5 Å². The predicted molar refractivity (Wildman–Crippen MR) is 53.6 cm³/mol. The summed E-state index contributed by atoms with van der Waals surface area (Å²) in [6.07, 6.45) is 8.41. The van der Waals surface area contributed by atoms with E-state index < -0.39 is 0 Å². The number of aliphatic hydroxyl groups is 1. The minimum Gasteiger partial charge on any atom is -0.395 e. The van der Waals surface area contributed by atoms with Crippen molar-refractivity contribution in [1.29, 1.82) is 0 Å². The molecule has 2 rings (SSSR count). The maximum absolute atomic E-state index is 8.94. The van der Waals surface area contributed by atoms with Gasteiger partial charge in [0.2, 0.25) is 0 Å². The van der Waals surface area contributed by atoms with Gasteiger partial charge in [-0.15, -0.1) is 0 Å². The molecule has 2 heteroatoms. The van der Waals surface area contributed by atoms with Gasteiger partial charge in [-0.05, 0) is 31.7 Å². The Morgan fingerprint density at radius 3 is 2.31 bits per heavy atom. The van der Waals surface area contributed by atoms with Gasteiger partial charge in [-0.25, -0.2) is 0 Å². The van der Waals surface area contributed by atoms with Gasteiger partial charge in [0.1, 0.15) is 0 Å². The summed E-state index contributed by atoms with van der Waals surface area (Å²) in [5, 5.41) is 8.94. The topological polar surface area (TPSA) is 23.5 Å². The van der Waals surface area contributed by atoms with Crippen molar-refractivity contribution in [3.05, 3.63) is 0 Å². The molecule has 0 aromatic carbocycles. The first-order chi connectivity index (χ1) is 6.40. The Bertz CT molecular complexity index is 152. The molecule has 0 amide bonds. The first-order valence-corrected chi connectivity index (χ1v) is 5.75. The molecule has 13 heavy (non-hydrogen) atoms. The largest absolute Gasteiger partial charge is 0.395 e. The van der Waals surface area contributed by atoms with E-state index in [4.69, 9.17) is 5.11 Å². The fourth-order valence-corrected chi connectivity index (χ4v) is 2.11. The SMILES string of the molecule is OCCN(CCC1CC1)C1CCC1. The van der Waals surface area contributed by atoms with Crippen molar-refractivity contribution in [2.75, 3.05) is 19.7 Å². The van der Waals surface area contributed by atoms with Crippen LogP contribution in [-0.4, -0.2) is 35.7 Å². The van der Waals surface area contributed by atoms with Crippen molar-refractivity contribution in [2.45, 2.75) is 44.6 Å². The Labute approximate surface area is 80.9 Å². The molecule has 0 saturated heterocycles. The predicted octanol–water partition coefficient (Wildman–Crippen LogP) is 1.63. The molecule has 2 nitrogen and oxygen atoms in total. The van der Waals surface area contributed by atoms with Crippen LogP contribution in [0.4, 0.5) is 0 Å². The van der Waals surface area contributed by atoms with Gasteiger partial charge in [-0.2, -0.15) is 0 Å². The zero-order chi connectivity index (χ0) is 9.10. The van der Waals surface area contributed by atoms with Crippen LogP contribution >= 0.6 is 0 Å². The molecule has 0 aromatic rings. The molecule has 0 bridgehead atoms. The van der Waals surface area contributed by atoms with Crippen molar-refractivity contribution in [1.82, 2.24) is 4.90 Å². The maximum Gasteiger partial charge on any atom is 0.0558 e. The normalized spacial score (nSPS) is 23.5. The van der Waals surface area contributed by atoms with Crippen molar-refractivity contribution < 1.29 is 5.11 Å². The van der Waals surface area contributed by atoms with Gasteiger partial charge in [-0.3, -0.25) is 4.90 Å². The number of hydrogen-bond donors (Lipinski definition) is 1. The summed E-state index contributed by atoms with van der Waals surface area (Å²) in [5.41, 5.74) is 0. The molecule has 0 radical (unpaired) electrons. The van der Waals surface area contributed by atoms with Crippen LogP contribution in [0.2, 0.25) is 0 Å². The number of hydrogen-bond acceptors (Lipinski definition) is 2. The third kappa shape index (κ3) is 2.68. The lowest BCUT2D eigenvalue weighted by atomic mass is 9.91. The van der Waals surface area contributed by atoms with E-state index in [-0.39, 0.29) is 0 Å². The lowest BCUT2D eigenvalue weighted by Gasteiger charge is -2.37. The van der Waals surface area contributed by atoms with Crippen LogP contribution in [0.5, 0.6) is 0 Å². The smallest absolute Gasteiger partial charge is 0.0558 e. The molecule has 2 fully saturated rings. The summed E-state index contributed by atoms with van der Waals surface area (Å²) in [7, 11) is 0. The zero-order valence-corrected chi connectivity index (χ0v) is 8.41. The van der Waals surface area contributed by atoms with Gasteiger partial charge >= 0.3 is 0 Å². The highest BCUT2D eigenvalue weighted by atomic mass is 16.3. The lowest BCUT2D eigenvalue weighted by molar-refractivity contribution is 0.0987. The first kappa shape index (κ1) is 9.47. The molecule has 0 aliphatic heterocycles. The Hall–Kier alpha value is -0.0800. The minimum atomic E-state index is 0.334. The Morgan fingerprint density at radius 1 is 1.08 bits per heavy atom. The highest BCUT2D eigenvalue weighted by molar-refractivity contribution is 4.82. The average molecular weight is 183 g/mol. The van der Waals surface area contributed by atoms with E-state index in [9.17, 15) is 0 Å². The third-order valence-electron chi connectivity index (χ3n) is 3.50. The van der Waals surface area contributed by atoms with Gasteiger partial charge in [0.15, 0.2) is 0 Å². The van der Waals surface area contributed by atoms with E-state index in [1.165, 1.54) is 45.1 Å². The van der Waals surface area contributed by atoms with Crippen LogP contribution in [0.3, 0.4) is 0 Å². The number of rotatable bonds is 6. The zero-order valence-electron chi connectivity index (χ0n) is 8.41. The van der Waals surface area contributed by atoms with E-state index in [1.807, 2.05) is 0 Å². The monoisotopic (exact) mass is 183 g/mol.